The van der Waals surface area contributed by atoms with Crippen LogP contribution in [0.3, 0.4) is 0 Å². The molecule has 0 unspecified atom stereocenters. The predicted octanol–water partition coefficient (Wildman–Crippen LogP) is 1.59. The molecule has 0 amide bonds. The molecule has 1 heterocycles. The van der Waals surface area contributed by atoms with Crippen LogP contribution in [0.5, 0.6) is 0 Å². The van der Waals surface area contributed by atoms with Crippen molar-refractivity contribution in [2.45, 2.75) is 19.8 Å². The first-order valence-corrected chi connectivity index (χ1v) is 5.79. The van der Waals surface area contributed by atoms with Crippen molar-refractivity contribution in [1.82, 2.24) is 9.97 Å². The number of rotatable bonds is 3. The number of hydrogen-bond donors (Lipinski definition) is 1. The predicted molar refractivity (Wildman–Crippen MR) is 67.4 cm³/mol. The van der Waals surface area contributed by atoms with Crippen LogP contribution in [0.4, 0.5) is 0 Å². The molecular formula is C13H14N2O3. The number of carbonyl (C=O) groups excluding carboxylic acids is 1. The summed E-state index contributed by atoms with van der Waals surface area (Å²) < 4.78 is 4.89. The number of H-pyrrole nitrogens is 1. The highest BCUT2D eigenvalue weighted by molar-refractivity contribution is 5.79. The molecule has 0 saturated carbocycles. The summed E-state index contributed by atoms with van der Waals surface area (Å²) in [6.45, 7) is 3.63. The average Bonchev–Trinajstić information content (AvgIpc) is 2.37. The van der Waals surface area contributed by atoms with Gasteiger partial charge in [0.15, 0.2) is 0 Å². The third-order valence-corrected chi connectivity index (χ3v) is 2.68. The molecule has 0 spiro atoms. The fourth-order valence-electron chi connectivity index (χ4n) is 1.72. The number of ether oxygens (including phenoxy) is 1. The quantitative estimate of drug-likeness (QED) is 0.835. The lowest BCUT2D eigenvalue weighted by Gasteiger charge is -2.09. The number of aromatic amines is 1. The molecule has 0 radical (unpaired) electrons. The Labute approximate surface area is 104 Å². The van der Waals surface area contributed by atoms with Gasteiger partial charge in [-0.15, -0.1) is 0 Å². The maximum atomic E-state index is 11.9. The molecule has 0 aliphatic rings. The molecule has 0 saturated heterocycles. The number of fused-ring (bicyclic) bond motifs is 1. The highest BCUT2D eigenvalue weighted by atomic mass is 16.5. The number of esters is 1. The minimum atomic E-state index is -0.668. The standard InChI is InChI=1S/C13H14N2O3/c1-3-18-13(17)8(2)11-12(16)15-10-7-5-4-6-9(10)14-11/h4-8H,3H2,1-2H3,(H,15,16)/t8-/m1/s1. The van der Waals surface area contributed by atoms with Gasteiger partial charge in [-0.3, -0.25) is 9.59 Å². The van der Waals surface area contributed by atoms with Gasteiger partial charge in [-0.1, -0.05) is 12.1 Å². The van der Waals surface area contributed by atoms with Crippen LogP contribution in [0.1, 0.15) is 25.5 Å². The second-order valence-electron chi connectivity index (χ2n) is 3.94. The molecule has 0 aliphatic carbocycles. The second kappa shape index (κ2) is 5.00. The van der Waals surface area contributed by atoms with Crippen molar-refractivity contribution in [3.05, 3.63) is 40.3 Å². The maximum Gasteiger partial charge on any atom is 0.314 e. The lowest BCUT2D eigenvalue weighted by molar-refractivity contribution is -0.144. The first kappa shape index (κ1) is 12.3. The second-order valence-corrected chi connectivity index (χ2v) is 3.94. The van der Waals surface area contributed by atoms with E-state index in [-0.39, 0.29) is 17.9 Å². The summed E-state index contributed by atoms with van der Waals surface area (Å²) in [6, 6.07) is 7.19. The largest absolute Gasteiger partial charge is 0.465 e. The first-order valence-electron chi connectivity index (χ1n) is 5.79. The van der Waals surface area contributed by atoms with E-state index in [4.69, 9.17) is 4.74 Å². The van der Waals surface area contributed by atoms with Gasteiger partial charge in [0.1, 0.15) is 11.6 Å². The Bertz CT molecular complexity index is 633. The van der Waals surface area contributed by atoms with Crippen molar-refractivity contribution in [2.24, 2.45) is 0 Å². The Balaban J connectivity index is 2.47. The summed E-state index contributed by atoms with van der Waals surface area (Å²) in [5.74, 6) is -1.11. The van der Waals surface area contributed by atoms with Gasteiger partial charge in [0.05, 0.1) is 17.6 Å². The summed E-state index contributed by atoms with van der Waals surface area (Å²) in [4.78, 5) is 30.4. The lowest BCUT2D eigenvalue weighted by Crippen LogP contribution is -2.23. The third-order valence-electron chi connectivity index (χ3n) is 2.68. The number of hydrogen-bond acceptors (Lipinski definition) is 4. The van der Waals surface area contributed by atoms with Crippen LogP contribution >= 0.6 is 0 Å². The van der Waals surface area contributed by atoms with Crippen LogP contribution in [-0.4, -0.2) is 22.5 Å². The van der Waals surface area contributed by atoms with Gasteiger partial charge in [0.25, 0.3) is 5.56 Å². The molecule has 0 fully saturated rings. The smallest absolute Gasteiger partial charge is 0.314 e. The van der Waals surface area contributed by atoms with Crippen LogP contribution in [0, 0.1) is 0 Å². The van der Waals surface area contributed by atoms with Crippen LogP contribution in [0.25, 0.3) is 11.0 Å². The summed E-state index contributed by atoms with van der Waals surface area (Å²) in [6.07, 6.45) is 0. The van der Waals surface area contributed by atoms with Gasteiger partial charge in [0, 0.05) is 0 Å². The van der Waals surface area contributed by atoms with Crippen LogP contribution in [0.15, 0.2) is 29.1 Å². The SMILES string of the molecule is CCOC(=O)[C@H](C)c1nc2ccccc2[nH]c1=O. The monoisotopic (exact) mass is 246 g/mol. The molecule has 5 heteroatoms. The normalized spacial score (nSPS) is 12.3. The molecule has 2 aromatic rings. The van der Waals surface area contributed by atoms with Gasteiger partial charge in [0.2, 0.25) is 0 Å². The van der Waals surface area contributed by atoms with E-state index < -0.39 is 11.9 Å². The molecule has 1 atom stereocenters. The van der Waals surface area contributed by atoms with Crippen molar-refractivity contribution in [3.8, 4) is 0 Å². The van der Waals surface area contributed by atoms with E-state index in [0.29, 0.717) is 11.0 Å². The Morgan fingerprint density at radius 3 is 2.89 bits per heavy atom. The number of benzene rings is 1. The van der Waals surface area contributed by atoms with Crippen LogP contribution < -0.4 is 5.56 Å². The number of aromatic nitrogens is 2. The Kier molecular flexibility index (Phi) is 3.41. The number of nitrogens with one attached hydrogen (secondary N) is 1. The van der Waals surface area contributed by atoms with E-state index in [2.05, 4.69) is 9.97 Å². The summed E-state index contributed by atoms with van der Waals surface area (Å²) in [5.41, 5.74) is 1.15. The molecule has 2 rings (SSSR count). The van der Waals surface area contributed by atoms with Crippen molar-refractivity contribution in [3.63, 3.8) is 0 Å². The number of nitrogens with zero attached hydrogens (tertiary/aromatic N) is 1. The van der Waals surface area contributed by atoms with Crippen LogP contribution in [0.2, 0.25) is 0 Å². The van der Waals surface area contributed by atoms with Gasteiger partial charge in [-0.25, -0.2) is 4.98 Å². The van der Waals surface area contributed by atoms with Crippen molar-refractivity contribution >= 4 is 17.0 Å². The van der Waals surface area contributed by atoms with E-state index >= 15 is 0 Å². The van der Waals surface area contributed by atoms with E-state index in [1.54, 1.807) is 26.0 Å². The number of carbonyl (C=O) groups is 1. The highest BCUT2D eigenvalue weighted by Crippen LogP contribution is 2.13. The molecule has 0 bridgehead atoms. The minimum absolute atomic E-state index is 0.187. The molecule has 1 N–H and O–H groups in total. The van der Waals surface area contributed by atoms with E-state index in [9.17, 15) is 9.59 Å². The van der Waals surface area contributed by atoms with Gasteiger partial charge < -0.3 is 9.72 Å². The molecule has 0 aliphatic heterocycles. The molecular weight excluding hydrogens is 232 g/mol. The maximum absolute atomic E-state index is 11.9. The zero-order chi connectivity index (χ0) is 13.1. The van der Waals surface area contributed by atoms with E-state index in [0.717, 1.165) is 0 Å². The Hall–Kier alpha value is -2.17. The molecule has 5 nitrogen and oxygen atoms in total. The third kappa shape index (κ3) is 2.25. The van der Waals surface area contributed by atoms with Crippen molar-refractivity contribution < 1.29 is 9.53 Å². The fourth-order valence-corrected chi connectivity index (χ4v) is 1.72. The van der Waals surface area contributed by atoms with E-state index in [1.807, 2.05) is 12.1 Å². The van der Waals surface area contributed by atoms with Gasteiger partial charge in [-0.05, 0) is 26.0 Å². The average molecular weight is 246 g/mol. The Morgan fingerprint density at radius 1 is 1.44 bits per heavy atom. The molecule has 18 heavy (non-hydrogen) atoms. The van der Waals surface area contributed by atoms with Crippen molar-refractivity contribution in [1.29, 1.82) is 0 Å². The topological polar surface area (TPSA) is 72.0 Å². The summed E-state index contributed by atoms with van der Waals surface area (Å²) in [7, 11) is 0. The summed E-state index contributed by atoms with van der Waals surface area (Å²) >= 11 is 0. The first-order chi connectivity index (χ1) is 8.63. The highest BCUT2D eigenvalue weighted by Gasteiger charge is 2.21. The van der Waals surface area contributed by atoms with E-state index in [1.165, 1.54) is 0 Å². The number of para-hydroxylation sites is 2. The van der Waals surface area contributed by atoms with Gasteiger partial charge >= 0.3 is 5.97 Å². The molecule has 94 valence electrons. The Morgan fingerprint density at radius 2 is 2.17 bits per heavy atom. The van der Waals surface area contributed by atoms with Crippen LogP contribution in [-0.2, 0) is 9.53 Å². The molecule has 1 aromatic carbocycles. The minimum Gasteiger partial charge on any atom is -0.465 e. The zero-order valence-corrected chi connectivity index (χ0v) is 10.3. The zero-order valence-electron chi connectivity index (χ0n) is 10.3. The van der Waals surface area contributed by atoms with Crippen molar-refractivity contribution in [2.75, 3.05) is 6.61 Å². The lowest BCUT2D eigenvalue weighted by atomic mass is 10.1. The molecule has 1 aromatic heterocycles. The summed E-state index contributed by atoms with van der Waals surface area (Å²) in [5, 5.41) is 0. The van der Waals surface area contributed by atoms with Gasteiger partial charge in [-0.2, -0.15) is 0 Å². The fraction of sp³-hybridized carbons (Fsp3) is 0.308.